The van der Waals surface area contributed by atoms with Crippen molar-refractivity contribution < 1.29 is 0 Å². The first-order valence-electron chi connectivity index (χ1n) is 6.33. The molecule has 0 atom stereocenters. The van der Waals surface area contributed by atoms with Gasteiger partial charge in [0, 0.05) is 25.3 Å². The van der Waals surface area contributed by atoms with Gasteiger partial charge in [-0.3, -0.25) is 0 Å². The smallest absolute Gasteiger partial charge is 0.0366 e. The molecule has 0 saturated carbocycles. The van der Waals surface area contributed by atoms with E-state index in [1.807, 2.05) is 0 Å². The van der Waals surface area contributed by atoms with E-state index in [1.165, 1.54) is 24.2 Å². The maximum atomic E-state index is 3.43. The zero-order chi connectivity index (χ0) is 11.4. The first-order valence-corrected chi connectivity index (χ1v) is 6.33. The molecule has 1 aromatic carbocycles. The van der Waals surface area contributed by atoms with Crippen LogP contribution in [0.5, 0.6) is 0 Å². The lowest BCUT2D eigenvalue weighted by Crippen LogP contribution is -2.27. The van der Waals surface area contributed by atoms with E-state index in [9.17, 15) is 0 Å². The molecule has 16 heavy (non-hydrogen) atoms. The van der Waals surface area contributed by atoms with Gasteiger partial charge >= 0.3 is 0 Å². The van der Waals surface area contributed by atoms with Gasteiger partial charge in [0.2, 0.25) is 0 Å². The van der Waals surface area contributed by atoms with Crippen molar-refractivity contribution in [1.82, 2.24) is 5.32 Å². The van der Waals surface area contributed by atoms with Crippen LogP contribution in [0, 0.1) is 0 Å². The van der Waals surface area contributed by atoms with Crippen LogP contribution in [0.15, 0.2) is 24.3 Å². The van der Waals surface area contributed by atoms with E-state index in [-0.39, 0.29) is 0 Å². The quantitative estimate of drug-likeness (QED) is 0.821. The van der Waals surface area contributed by atoms with Crippen molar-refractivity contribution in [1.29, 1.82) is 0 Å². The molecule has 88 valence electrons. The number of hydrogen-bond donors (Lipinski definition) is 1. The van der Waals surface area contributed by atoms with Crippen LogP contribution in [-0.4, -0.2) is 26.2 Å². The molecule has 2 nitrogen and oxygen atoms in total. The van der Waals surface area contributed by atoms with Crippen molar-refractivity contribution in [2.24, 2.45) is 0 Å². The highest BCUT2D eigenvalue weighted by Crippen LogP contribution is 2.20. The van der Waals surface area contributed by atoms with Crippen LogP contribution in [-0.2, 0) is 0 Å². The lowest BCUT2D eigenvalue weighted by Gasteiger charge is -2.22. The Hall–Kier alpha value is -1.02. The molecule has 0 aromatic heterocycles. The predicted molar refractivity (Wildman–Crippen MR) is 70.2 cm³/mol. The Morgan fingerprint density at radius 1 is 1.06 bits per heavy atom. The van der Waals surface area contributed by atoms with E-state index in [0.717, 1.165) is 19.6 Å². The number of anilines is 1. The summed E-state index contributed by atoms with van der Waals surface area (Å²) < 4.78 is 0. The fraction of sp³-hybridized carbons (Fsp3) is 0.571. The third-order valence-corrected chi connectivity index (χ3v) is 3.26. The lowest BCUT2D eigenvalue weighted by molar-refractivity contribution is 0.724. The molecule has 0 bridgehead atoms. The molecule has 0 spiro atoms. The molecule has 1 aliphatic rings. The van der Waals surface area contributed by atoms with Gasteiger partial charge in [0.25, 0.3) is 0 Å². The third-order valence-electron chi connectivity index (χ3n) is 3.26. The zero-order valence-corrected chi connectivity index (χ0v) is 10.4. The summed E-state index contributed by atoms with van der Waals surface area (Å²) in [5.41, 5.74) is 2.80. The molecule has 0 radical (unpaired) electrons. The molecule has 2 heteroatoms. The summed E-state index contributed by atoms with van der Waals surface area (Å²) in [4.78, 5) is 2.48. The van der Waals surface area contributed by atoms with Crippen molar-refractivity contribution >= 4 is 5.69 Å². The van der Waals surface area contributed by atoms with Gasteiger partial charge in [-0.05, 0) is 36.6 Å². The molecule has 1 aromatic rings. The Balaban J connectivity index is 2.07. The largest absolute Gasteiger partial charge is 0.370 e. The van der Waals surface area contributed by atoms with E-state index in [0.29, 0.717) is 5.92 Å². The van der Waals surface area contributed by atoms with Crippen LogP contribution in [0.25, 0.3) is 0 Å². The average Bonchev–Trinajstić information content (AvgIpc) is 2.57. The highest BCUT2D eigenvalue weighted by molar-refractivity contribution is 5.48. The first kappa shape index (κ1) is 11.5. The minimum atomic E-state index is 0.625. The van der Waals surface area contributed by atoms with Gasteiger partial charge in [0.15, 0.2) is 0 Å². The van der Waals surface area contributed by atoms with E-state index < -0.39 is 0 Å². The van der Waals surface area contributed by atoms with Gasteiger partial charge in [0.05, 0.1) is 0 Å². The molecule has 0 aliphatic carbocycles. The number of hydrogen-bond acceptors (Lipinski definition) is 2. The van der Waals surface area contributed by atoms with Crippen LogP contribution in [0.2, 0.25) is 0 Å². The van der Waals surface area contributed by atoms with Gasteiger partial charge in [-0.15, -0.1) is 0 Å². The summed E-state index contributed by atoms with van der Waals surface area (Å²) in [6.07, 6.45) is 1.24. The maximum absolute atomic E-state index is 3.43. The lowest BCUT2D eigenvalue weighted by atomic mass is 10.0. The van der Waals surface area contributed by atoms with Gasteiger partial charge in [0.1, 0.15) is 0 Å². The second-order valence-electron chi connectivity index (χ2n) is 4.84. The normalized spacial score (nSPS) is 17.6. The van der Waals surface area contributed by atoms with Crippen molar-refractivity contribution in [2.75, 3.05) is 31.1 Å². The zero-order valence-electron chi connectivity index (χ0n) is 10.4. The Bertz CT molecular complexity index is 308. The van der Waals surface area contributed by atoms with Crippen molar-refractivity contribution in [3.63, 3.8) is 0 Å². The van der Waals surface area contributed by atoms with Gasteiger partial charge in [-0.1, -0.05) is 26.0 Å². The molecule has 1 saturated heterocycles. The predicted octanol–water partition coefficient (Wildman–Crippen LogP) is 2.61. The fourth-order valence-corrected chi connectivity index (χ4v) is 2.17. The highest BCUT2D eigenvalue weighted by Gasteiger charge is 2.09. The minimum absolute atomic E-state index is 0.625. The van der Waals surface area contributed by atoms with Crippen molar-refractivity contribution in [2.45, 2.75) is 26.2 Å². The number of nitrogens with zero attached hydrogens (tertiary/aromatic N) is 1. The molecular formula is C14H22N2. The van der Waals surface area contributed by atoms with Crippen LogP contribution in [0.4, 0.5) is 5.69 Å². The number of nitrogens with one attached hydrogen (secondary N) is 1. The van der Waals surface area contributed by atoms with E-state index in [4.69, 9.17) is 0 Å². The fourth-order valence-electron chi connectivity index (χ4n) is 2.17. The van der Waals surface area contributed by atoms with E-state index in [2.05, 4.69) is 48.3 Å². The number of rotatable bonds is 2. The summed E-state index contributed by atoms with van der Waals surface area (Å²) in [7, 11) is 0. The second-order valence-corrected chi connectivity index (χ2v) is 4.84. The van der Waals surface area contributed by atoms with Crippen molar-refractivity contribution in [3.8, 4) is 0 Å². The second kappa shape index (κ2) is 5.35. The Labute approximate surface area is 98.7 Å². The maximum Gasteiger partial charge on any atom is 0.0366 e. The molecular weight excluding hydrogens is 196 g/mol. The SMILES string of the molecule is CC(C)c1ccc(N2CCCNCC2)cc1. The highest BCUT2D eigenvalue weighted by atomic mass is 15.2. The molecule has 1 heterocycles. The summed E-state index contributed by atoms with van der Waals surface area (Å²) in [6.45, 7) is 9.04. The Kier molecular flexibility index (Phi) is 3.83. The topological polar surface area (TPSA) is 15.3 Å². The molecule has 1 N–H and O–H groups in total. The number of benzene rings is 1. The average molecular weight is 218 g/mol. The van der Waals surface area contributed by atoms with E-state index >= 15 is 0 Å². The Morgan fingerprint density at radius 3 is 2.50 bits per heavy atom. The van der Waals surface area contributed by atoms with Crippen LogP contribution < -0.4 is 10.2 Å². The molecule has 1 aliphatic heterocycles. The summed E-state index contributed by atoms with van der Waals surface area (Å²) >= 11 is 0. The summed E-state index contributed by atoms with van der Waals surface area (Å²) in [5, 5.41) is 3.43. The molecule has 1 fully saturated rings. The van der Waals surface area contributed by atoms with Crippen molar-refractivity contribution in [3.05, 3.63) is 29.8 Å². The van der Waals surface area contributed by atoms with Crippen LogP contribution >= 0.6 is 0 Å². The molecule has 0 amide bonds. The van der Waals surface area contributed by atoms with Gasteiger partial charge < -0.3 is 10.2 Å². The van der Waals surface area contributed by atoms with Gasteiger partial charge in [-0.25, -0.2) is 0 Å². The summed E-state index contributed by atoms with van der Waals surface area (Å²) in [5.74, 6) is 0.625. The van der Waals surface area contributed by atoms with Crippen LogP contribution in [0.3, 0.4) is 0 Å². The molecule has 2 rings (SSSR count). The van der Waals surface area contributed by atoms with Crippen LogP contribution in [0.1, 0.15) is 31.7 Å². The monoisotopic (exact) mass is 218 g/mol. The minimum Gasteiger partial charge on any atom is -0.370 e. The third kappa shape index (κ3) is 2.76. The van der Waals surface area contributed by atoms with E-state index in [1.54, 1.807) is 0 Å². The Morgan fingerprint density at radius 2 is 1.81 bits per heavy atom. The first-order chi connectivity index (χ1) is 7.77. The molecule has 0 unspecified atom stereocenters. The van der Waals surface area contributed by atoms with Gasteiger partial charge in [-0.2, -0.15) is 0 Å². The standard InChI is InChI=1S/C14H22N2/c1-12(2)13-4-6-14(7-5-13)16-10-3-8-15-9-11-16/h4-7,12,15H,3,8-11H2,1-2H3. The summed E-state index contributed by atoms with van der Waals surface area (Å²) in [6, 6.07) is 9.05.